The van der Waals surface area contributed by atoms with Gasteiger partial charge in [-0.1, -0.05) is 44.2 Å². The molecule has 2 N–H and O–H groups in total. The van der Waals surface area contributed by atoms with E-state index in [-0.39, 0.29) is 12.5 Å². The summed E-state index contributed by atoms with van der Waals surface area (Å²) in [4.78, 5) is 35.4. The highest BCUT2D eigenvalue weighted by Gasteiger charge is 2.21. The lowest BCUT2D eigenvalue weighted by atomic mass is 10.0. The summed E-state index contributed by atoms with van der Waals surface area (Å²) in [6.07, 6.45) is 0.324. The third-order valence-corrected chi connectivity index (χ3v) is 4.51. The number of carboxylic acids is 1. The predicted molar refractivity (Wildman–Crippen MR) is 112 cm³/mol. The van der Waals surface area contributed by atoms with Crippen LogP contribution in [0.25, 0.3) is 22.1 Å². The van der Waals surface area contributed by atoms with Crippen LogP contribution in [-0.2, 0) is 9.59 Å². The number of amides is 1. The first kappa shape index (κ1) is 21.1. The van der Waals surface area contributed by atoms with Crippen molar-refractivity contribution in [2.24, 2.45) is 5.92 Å². The fraction of sp³-hybridized carbons (Fsp3) is 0.261. The number of fused-ring (bicyclic) bond motifs is 1. The lowest BCUT2D eigenvalue weighted by Crippen LogP contribution is -2.43. The molecule has 0 fully saturated rings. The highest BCUT2D eigenvalue weighted by molar-refractivity contribution is 5.93. The summed E-state index contributed by atoms with van der Waals surface area (Å²) in [7, 11) is 0. The molecule has 0 spiro atoms. The number of carbonyl (C=O) groups is 2. The molecule has 1 atom stereocenters. The first-order valence-electron chi connectivity index (χ1n) is 9.62. The normalized spacial score (nSPS) is 12.0. The van der Waals surface area contributed by atoms with Crippen LogP contribution in [0.15, 0.2) is 63.8 Å². The van der Waals surface area contributed by atoms with Crippen LogP contribution in [0.5, 0.6) is 5.75 Å². The van der Waals surface area contributed by atoms with Crippen molar-refractivity contribution in [1.82, 2.24) is 5.32 Å². The second-order valence-electron chi connectivity index (χ2n) is 7.38. The molecule has 0 radical (unpaired) electrons. The van der Waals surface area contributed by atoms with Gasteiger partial charge in [-0.05, 0) is 35.6 Å². The standard InChI is InChI=1S/C23H23NO6/c1-14(2)10-19(23(27)28)24-21(25)13-29-16-8-9-17-18(15-6-4-3-5-7-15)12-22(26)30-20(17)11-16/h3-9,11-12,14,19H,10,13H2,1-2H3,(H,24,25)(H,27,28)/t19-/m0/s1. The number of rotatable bonds is 8. The molecule has 7 heteroatoms. The van der Waals surface area contributed by atoms with Gasteiger partial charge in [-0.25, -0.2) is 9.59 Å². The quantitative estimate of drug-likeness (QED) is 0.552. The van der Waals surface area contributed by atoms with Crippen LogP contribution >= 0.6 is 0 Å². The second-order valence-corrected chi connectivity index (χ2v) is 7.38. The number of carboxylic acid groups (broad SMARTS) is 1. The molecule has 0 unspecified atom stereocenters. The van der Waals surface area contributed by atoms with Crippen LogP contribution in [-0.4, -0.2) is 29.6 Å². The minimum atomic E-state index is -1.09. The Hall–Kier alpha value is -3.61. The fourth-order valence-corrected chi connectivity index (χ4v) is 3.17. The molecule has 0 saturated carbocycles. The summed E-state index contributed by atoms with van der Waals surface area (Å²) in [6, 6.07) is 14.9. The summed E-state index contributed by atoms with van der Waals surface area (Å²) in [6.45, 7) is 3.41. The molecule has 1 amide bonds. The molecule has 156 valence electrons. The van der Waals surface area contributed by atoms with Crippen LogP contribution in [0, 0.1) is 5.92 Å². The van der Waals surface area contributed by atoms with Crippen molar-refractivity contribution < 1.29 is 23.8 Å². The van der Waals surface area contributed by atoms with Gasteiger partial charge in [0, 0.05) is 17.5 Å². The predicted octanol–water partition coefficient (Wildman–Crippen LogP) is 3.45. The van der Waals surface area contributed by atoms with Gasteiger partial charge in [0.25, 0.3) is 5.91 Å². The molecule has 0 aliphatic heterocycles. The number of hydrogen-bond acceptors (Lipinski definition) is 5. The maximum absolute atomic E-state index is 12.1. The fourth-order valence-electron chi connectivity index (χ4n) is 3.17. The van der Waals surface area contributed by atoms with Gasteiger partial charge in [0.05, 0.1) is 0 Å². The minimum absolute atomic E-state index is 0.120. The van der Waals surface area contributed by atoms with E-state index in [1.807, 2.05) is 44.2 Å². The second kappa shape index (κ2) is 9.26. The Bertz CT molecular complexity index is 1100. The Morgan fingerprint density at radius 2 is 1.83 bits per heavy atom. The maximum Gasteiger partial charge on any atom is 0.336 e. The van der Waals surface area contributed by atoms with E-state index in [0.29, 0.717) is 17.8 Å². The lowest BCUT2D eigenvalue weighted by Gasteiger charge is -2.16. The van der Waals surface area contributed by atoms with Crippen molar-refractivity contribution in [2.75, 3.05) is 6.61 Å². The molecular formula is C23H23NO6. The molecule has 0 aliphatic rings. The lowest BCUT2D eigenvalue weighted by molar-refractivity contribution is -0.142. The molecule has 3 rings (SSSR count). The third-order valence-electron chi connectivity index (χ3n) is 4.51. The van der Waals surface area contributed by atoms with Crippen molar-refractivity contribution in [3.63, 3.8) is 0 Å². The highest BCUT2D eigenvalue weighted by atomic mass is 16.5. The van der Waals surface area contributed by atoms with Crippen molar-refractivity contribution in [3.05, 3.63) is 65.0 Å². The van der Waals surface area contributed by atoms with Crippen LogP contribution in [0.4, 0.5) is 0 Å². The monoisotopic (exact) mass is 409 g/mol. The summed E-state index contributed by atoms with van der Waals surface area (Å²) in [5.74, 6) is -1.17. The van der Waals surface area contributed by atoms with Gasteiger partial charge >= 0.3 is 11.6 Å². The smallest absolute Gasteiger partial charge is 0.336 e. The molecule has 0 aliphatic carbocycles. The summed E-state index contributed by atoms with van der Waals surface area (Å²) < 4.78 is 10.8. The zero-order chi connectivity index (χ0) is 21.7. The SMILES string of the molecule is CC(C)C[C@H](NC(=O)COc1ccc2c(-c3ccccc3)cc(=O)oc2c1)C(=O)O. The van der Waals surface area contributed by atoms with Crippen molar-refractivity contribution in [2.45, 2.75) is 26.3 Å². The first-order valence-corrected chi connectivity index (χ1v) is 9.62. The first-order chi connectivity index (χ1) is 14.3. The Labute approximate surface area is 173 Å². The molecule has 0 saturated heterocycles. The molecule has 7 nitrogen and oxygen atoms in total. The van der Waals surface area contributed by atoms with E-state index in [9.17, 15) is 19.5 Å². The largest absolute Gasteiger partial charge is 0.484 e. The van der Waals surface area contributed by atoms with Gasteiger partial charge in [0.2, 0.25) is 0 Å². The molecule has 30 heavy (non-hydrogen) atoms. The zero-order valence-electron chi connectivity index (χ0n) is 16.8. The number of ether oxygens (including phenoxy) is 1. The molecule has 2 aromatic carbocycles. The zero-order valence-corrected chi connectivity index (χ0v) is 16.8. The van der Waals surface area contributed by atoms with E-state index in [1.54, 1.807) is 18.2 Å². The third kappa shape index (κ3) is 5.26. The van der Waals surface area contributed by atoms with Gasteiger partial charge in [0.15, 0.2) is 6.61 Å². The van der Waals surface area contributed by atoms with E-state index in [0.717, 1.165) is 16.5 Å². The summed E-state index contributed by atoms with van der Waals surface area (Å²) in [5.41, 5.74) is 1.47. The average Bonchev–Trinajstić information content (AvgIpc) is 2.71. The molecule has 1 aromatic heterocycles. The van der Waals surface area contributed by atoms with Crippen LogP contribution in [0.2, 0.25) is 0 Å². The van der Waals surface area contributed by atoms with Gasteiger partial charge in [0.1, 0.15) is 17.4 Å². The van der Waals surface area contributed by atoms with E-state index in [2.05, 4.69) is 5.32 Å². The van der Waals surface area contributed by atoms with E-state index < -0.39 is 23.5 Å². The van der Waals surface area contributed by atoms with Crippen LogP contribution in [0.3, 0.4) is 0 Å². The van der Waals surface area contributed by atoms with Crippen molar-refractivity contribution >= 4 is 22.8 Å². The molecule has 0 bridgehead atoms. The highest BCUT2D eigenvalue weighted by Crippen LogP contribution is 2.29. The van der Waals surface area contributed by atoms with Crippen molar-refractivity contribution in [3.8, 4) is 16.9 Å². The van der Waals surface area contributed by atoms with Crippen LogP contribution in [0.1, 0.15) is 20.3 Å². The molecular weight excluding hydrogens is 386 g/mol. The number of carbonyl (C=O) groups excluding carboxylic acids is 1. The number of nitrogens with one attached hydrogen (secondary N) is 1. The topological polar surface area (TPSA) is 106 Å². The van der Waals surface area contributed by atoms with E-state index in [4.69, 9.17) is 9.15 Å². The summed E-state index contributed by atoms with van der Waals surface area (Å²) in [5, 5.41) is 12.4. The van der Waals surface area contributed by atoms with Gasteiger partial charge < -0.3 is 19.6 Å². The van der Waals surface area contributed by atoms with Gasteiger partial charge in [-0.2, -0.15) is 0 Å². The van der Waals surface area contributed by atoms with Gasteiger partial charge in [-0.15, -0.1) is 0 Å². The maximum atomic E-state index is 12.1. The van der Waals surface area contributed by atoms with Gasteiger partial charge in [-0.3, -0.25) is 4.79 Å². The summed E-state index contributed by atoms with van der Waals surface area (Å²) >= 11 is 0. The average molecular weight is 409 g/mol. The number of benzene rings is 2. The Balaban J connectivity index is 1.76. The van der Waals surface area contributed by atoms with E-state index in [1.165, 1.54) is 6.07 Å². The minimum Gasteiger partial charge on any atom is -0.484 e. The number of hydrogen-bond donors (Lipinski definition) is 2. The Kier molecular flexibility index (Phi) is 6.51. The van der Waals surface area contributed by atoms with Crippen LogP contribution < -0.4 is 15.7 Å². The Morgan fingerprint density at radius 3 is 2.50 bits per heavy atom. The number of aliphatic carboxylic acids is 1. The molecule has 3 aromatic rings. The van der Waals surface area contributed by atoms with Crippen molar-refractivity contribution in [1.29, 1.82) is 0 Å². The Morgan fingerprint density at radius 1 is 1.10 bits per heavy atom. The van der Waals surface area contributed by atoms with E-state index >= 15 is 0 Å². The molecule has 1 heterocycles.